The van der Waals surface area contributed by atoms with E-state index in [9.17, 15) is 9.59 Å². The summed E-state index contributed by atoms with van der Waals surface area (Å²) in [6, 6.07) is 5.45. The molecule has 0 aliphatic carbocycles. The van der Waals surface area contributed by atoms with Gasteiger partial charge in [0.15, 0.2) is 0 Å². The van der Waals surface area contributed by atoms with Gasteiger partial charge >= 0.3 is 11.7 Å². The van der Waals surface area contributed by atoms with Gasteiger partial charge in [-0.1, -0.05) is 0 Å². The van der Waals surface area contributed by atoms with Gasteiger partial charge in [-0.25, -0.2) is 4.79 Å². The minimum atomic E-state index is -0.275. The normalized spacial score (nSPS) is 10.6. The van der Waals surface area contributed by atoms with E-state index >= 15 is 0 Å². The van der Waals surface area contributed by atoms with Crippen LogP contribution in [0.2, 0.25) is 0 Å². The summed E-state index contributed by atoms with van der Waals surface area (Å²) in [4.78, 5) is 29.6. The summed E-state index contributed by atoms with van der Waals surface area (Å²) >= 11 is 0. The maximum atomic E-state index is 11.4. The number of rotatable bonds is 4. The van der Waals surface area contributed by atoms with E-state index in [1.54, 1.807) is 24.9 Å². The Morgan fingerprint density at radius 1 is 1.33 bits per heavy atom. The van der Waals surface area contributed by atoms with E-state index in [1.165, 1.54) is 0 Å². The van der Waals surface area contributed by atoms with Gasteiger partial charge in [0.2, 0.25) is 0 Å². The molecule has 0 aliphatic rings. The highest BCUT2D eigenvalue weighted by Crippen LogP contribution is 2.17. The number of likely N-dealkylation sites (N-methyl/N-ethyl adjacent to an activating group) is 1. The number of hydrogen-bond donors (Lipinski definition) is 2. The summed E-state index contributed by atoms with van der Waals surface area (Å²) in [6.45, 7) is 2.32. The largest absolute Gasteiger partial charge is 0.465 e. The monoisotopic (exact) mass is 249 g/mol. The third-order valence-corrected chi connectivity index (χ3v) is 2.61. The summed E-state index contributed by atoms with van der Waals surface area (Å²) in [5.41, 5.74) is 2.06. The topological polar surface area (TPSA) is 78.2 Å². The summed E-state index contributed by atoms with van der Waals surface area (Å²) in [7, 11) is 1.79. The Morgan fingerprint density at radius 2 is 2.06 bits per heavy atom. The molecular formula is C12H15N3O3. The van der Waals surface area contributed by atoms with Crippen LogP contribution in [0.4, 0.5) is 5.69 Å². The van der Waals surface area contributed by atoms with E-state index in [2.05, 4.69) is 9.97 Å². The Balaban J connectivity index is 2.19. The van der Waals surface area contributed by atoms with Crippen LogP contribution < -0.4 is 10.6 Å². The van der Waals surface area contributed by atoms with E-state index in [0.29, 0.717) is 12.1 Å². The molecule has 0 spiro atoms. The predicted octanol–water partition coefficient (Wildman–Crippen LogP) is 0.855. The zero-order valence-electron chi connectivity index (χ0n) is 10.3. The van der Waals surface area contributed by atoms with E-state index in [1.807, 2.05) is 12.1 Å². The van der Waals surface area contributed by atoms with Gasteiger partial charge in [0.05, 0.1) is 17.6 Å². The lowest BCUT2D eigenvalue weighted by Crippen LogP contribution is -2.27. The van der Waals surface area contributed by atoms with E-state index in [-0.39, 0.29) is 18.2 Å². The van der Waals surface area contributed by atoms with Crippen LogP contribution in [-0.2, 0) is 9.53 Å². The first kappa shape index (κ1) is 12.2. The van der Waals surface area contributed by atoms with Crippen molar-refractivity contribution in [2.75, 3.05) is 25.1 Å². The van der Waals surface area contributed by atoms with Crippen LogP contribution in [0, 0.1) is 0 Å². The zero-order chi connectivity index (χ0) is 13.1. The smallest absolute Gasteiger partial charge is 0.325 e. The van der Waals surface area contributed by atoms with Crippen molar-refractivity contribution in [2.45, 2.75) is 6.92 Å². The number of fused-ring (bicyclic) bond motifs is 1. The number of carbonyl (C=O) groups excluding carboxylic acids is 1. The van der Waals surface area contributed by atoms with Crippen molar-refractivity contribution < 1.29 is 9.53 Å². The number of esters is 1. The van der Waals surface area contributed by atoms with Crippen LogP contribution in [0.5, 0.6) is 0 Å². The Kier molecular flexibility index (Phi) is 3.36. The number of benzene rings is 1. The number of carbonyl (C=O) groups is 1. The first-order valence-corrected chi connectivity index (χ1v) is 5.69. The second-order valence-electron chi connectivity index (χ2n) is 3.97. The number of H-pyrrole nitrogens is 2. The first-order valence-electron chi connectivity index (χ1n) is 5.69. The molecule has 2 rings (SSSR count). The number of hydrogen-bond acceptors (Lipinski definition) is 4. The predicted molar refractivity (Wildman–Crippen MR) is 68.8 cm³/mol. The number of anilines is 1. The molecule has 0 amide bonds. The molecular weight excluding hydrogens is 234 g/mol. The van der Waals surface area contributed by atoms with Crippen LogP contribution in [-0.4, -0.2) is 36.1 Å². The summed E-state index contributed by atoms with van der Waals surface area (Å²) in [5.74, 6) is -0.275. The molecule has 1 aromatic carbocycles. The van der Waals surface area contributed by atoms with E-state index < -0.39 is 0 Å². The molecule has 0 unspecified atom stereocenters. The van der Waals surface area contributed by atoms with Gasteiger partial charge in [0.25, 0.3) is 0 Å². The van der Waals surface area contributed by atoms with E-state index in [0.717, 1.165) is 11.2 Å². The number of aromatic amines is 2. The van der Waals surface area contributed by atoms with Crippen LogP contribution >= 0.6 is 0 Å². The fourth-order valence-electron chi connectivity index (χ4n) is 1.75. The Labute approximate surface area is 104 Å². The van der Waals surface area contributed by atoms with Gasteiger partial charge in [0, 0.05) is 12.7 Å². The van der Waals surface area contributed by atoms with Crippen molar-refractivity contribution in [3.63, 3.8) is 0 Å². The highest BCUT2D eigenvalue weighted by Gasteiger charge is 2.09. The Morgan fingerprint density at radius 3 is 2.78 bits per heavy atom. The van der Waals surface area contributed by atoms with Gasteiger partial charge < -0.3 is 19.6 Å². The van der Waals surface area contributed by atoms with Crippen LogP contribution in [0.15, 0.2) is 23.0 Å². The standard InChI is InChI=1S/C12H15N3O3/c1-3-18-11(16)7-15(2)8-4-5-9-10(6-8)14-12(17)13-9/h4-6H,3,7H2,1-2H3,(H2,13,14,17). The lowest BCUT2D eigenvalue weighted by atomic mass is 10.2. The van der Waals surface area contributed by atoms with Crippen molar-refractivity contribution in [3.8, 4) is 0 Å². The number of imidazole rings is 1. The lowest BCUT2D eigenvalue weighted by molar-refractivity contribution is -0.141. The van der Waals surface area contributed by atoms with Gasteiger partial charge in [-0.2, -0.15) is 0 Å². The summed E-state index contributed by atoms with van der Waals surface area (Å²) in [5, 5.41) is 0. The number of aromatic nitrogens is 2. The molecule has 6 heteroatoms. The maximum Gasteiger partial charge on any atom is 0.325 e. The molecule has 1 heterocycles. The van der Waals surface area contributed by atoms with Crippen molar-refractivity contribution in [3.05, 3.63) is 28.7 Å². The molecule has 1 aromatic heterocycles. The molecule has 2 aromatic rings. The fourth-order valence-corrected chi connectivity index (χ4v) is 1.75. The Hall–Kier alpha value is -2.24. The molecule has 0 saturated carbocycles. The number of ether oxygens (including phenoxy) is 1. The SMILES string of the molecule is CCOC(=O)CN(C)c1ccc2[nH]c(=O)[nH]c2c1. The van der Waals surface area contributed by atoms with Crippen molar-refractivity contribution in [1.82, 2.24) is 9.97 Å². The van der Waals surface area contributed by atoms with Crippen molar-refractivity contribution in [1.29, 1.82) is 0 Å². The van der Waals surface area contributed by atoms with Crippen molar-refractivity contribution >= 4 is 22.7 Å². The molecule has 0 fully saturated rings. The molecule has 0 aliphatic heterocycles. The minimum absolute atomic E-state index is 0.175. The lowest BCUT2D eigenvalue weighted by Gasteiger charge is -2.17. The molecule has 0 bridgehead atoms. The van der Waals surface area contributed by atoms with Gasteiger partial charge in [-0.3, -0.25) is 4.79 Å². The second kappa shape index (κ2) is 4.95. The van der Waals surface area contributed by atoms with E-state index in [4.69, 9.17) is 4.74 Å². The van der Waals surface area contributed by atoms with Crippen LogP contribution in [0.3, 0.4) is 0 Å². The molecule has 6 nitrogen and oxygen atoms in total. The average Bonchev–Trinajstić information content (AvgIpc) is 2.68. The fraction of sp³-hybridized carbons (Fsp3) is 0.333. The maximum absolute atomic E-state index is 11.4. The highest BCUT2D eigenvalue weighted by atomic mass is 16.5. The van der Waals surface area contributed by atoms with Gasteiger partial charge in [-0.05, 0) is 25.1 Å². The Bertz CT molecular complexity index is 614. The third-order valence-electron chi connectivity index (χ3n) is 2.61. The molecule has 0 saturated heterocycles. The van der Waals surface area contributed by atoms with Crippen LogP contribution in [0.25, 0.3) is 11.0 Å². The average molecular weight is 249 g/mol. The molecule has 0 atom stereocenters. The molecule has 18 heavy (non-hydrogen) atoms. The van der Waals surface area contributed by atoms with Gasteiger partial charge in [-0.15, -0.1) is 0 Å². The number of nitrogens with one attached hydrogen (secondary N) is 2. The molecule has 96 valence electrons. The third kappa shape index (κ3) is 2.53. The first-order chi connectivity index (χ1) is 8.60. The molecule has 2 N–H and O–H groups in total. The second-order valence-corrected chi connectivity index (χ2v) is 3.97. The molecule has 0 radical (unpaired) electrons. The summed E-state index contributed by atoms with van der Waals surface area (Å²) < 4.78 is 4.88. The quantitative estimate of drug-likeness (QED) is 0.788. The summed E-state index contributed by atoms with van der Waals surface area (Å²) in [6.07, 6.45) is 0. The number of nitrogens with zero attached hydrogens (tertiary/aromatic N) is 1. The van der Waals surface area contributed by atoms with Gasteiger partial charge in [0.1, 0.15) is 6.54 Å². The van der Waals surface area contributed by atoms with Crippen LogP contribution in [0.1, 0.15) is 6.92 Å². The minimum Gasteiger partial charge on any atom is -0.465 e. The highest BCUT2D eigenvalue weighted by molar-refractivity contribution is 5.81. The van der Waals surface area contributed by atoms with Crippen molar-refractivity contribution in [2.24, 2.45) is 0 Å². The zero-order valence-corrected chi connectivity index (χ0v) is 10.3.